The molecule has 2 saturated heterocycles. The Bertz CT molecular complexity index is 911. The van der Waals surface area contributed by atoms with Gasteiger partial charge in [0.15, 0.2) is 0 Å². The molecule has 2 N–H and O–H groups in total. The number of carbonyl (C=O) groups excluding carboxylic acids is 2. The minimum absolute atomic E-state index is 0.0882. The third-order valence-corrected chi connectivity index (χ3v) is 5.65. The van der Waals surface area contributed by atoms with Crippen LogP contribution in [-0.2, 0) is 4.74 Å². The van der Waals surface area contributed by atoms with E-state index in [1.165, 1.54) is 11.1 Å². The number of amides is 3. The van der Waals surface area contributed by atoms with E-state index in [-0.39, 0.29) is 18.0 Å². The second-order valence-electron chi connectivity index (χ2n) is 7.72. The molecule has 2 aliphatic rings. The highest BCUT2D eigenvalue weighted by atomic mass is 16.5. The lowest BCUT2D eigenvalue weighted by molar-refractivity contribution is 0.0162. The second-order valence-corrected chi connectivity index (χ2v) is 7.72. The standard InChI is InChI=1S/C23H28N4O3/c1-17-4-2-5-18(14-17)21(26-10-12-30-13-11-26)16-25-22(28)19-6-3-7-20(15-19)27-9-8-24-23(27)29/h2-7,14-15,21H,8-13,16H2,1H3,(H,24,29)(H,25,28). The fourth-order valence-corrected chi connectivity index (χ4v) is 4.05. The minimum atomic E-state index is -0.137. The summed E-state index contributed by atoms with van der Waals surface area (Å²) in [6.45, 7) is 6.91. The first-order valence-electron chi connectivity index (χ1n) is 10.4. The highest BCUT2D eigenvalue weighted by molar-refractivity contribution is 5.98. The van der Waals surface area contributed by atoms with Crippen LogP contribution in [0.25, 0.3) is 0 Å². The summed E-state index contributed by atoms with van der Waals surface area (Å²) in [5.41, 5.74) is 3.69. The van der Waals surface area contributed by atoms with Crippen LogP contribution in [0.2, 0.25) is 0 Å². The fraction of sp³-hybridized carbons (Fsp3) is 0.391. The first kappa shape index (κ1) is 20.4. The number of morpholine rings is 1. The molecule has 1 atom stereocenters. The van der Waals surface area contributed by atoms with Gasteiger partial charge in [-0.05, 0) is 30.7 Å². The zero-order valence-electron chi connectivity index (χ0n) is 17.3. The Labute approximate surface area is 177 Å². The first-order chi connectivity index (χ1) is 14.6. The molecule has 0 aliphatic carbocycles. The maximum absolute atomic E-state index is 12.9. The average Bonchev–Trinajstić information content (AvgIpc) is 3.20. The zero-order chi connectivity index (χ0) is 20.9. The van der Waals surface area contributed by atoms with Gasteiger partial charge in [0.1, 0.15) is 0 Å². The Morgan fingerprint density at radius 3 is 2.67 bits per heavy atom. The molecular formula is C23H28N4O3. The molecule has 7 nitrogen and oxygen atoms in total. The number of urea groups is 1. The summed E-state index contributed by atoms with van der Waals surface area (Å²) in [6.07, 6.45) is 0. The number of nitrogens with zero attached hydrogens (tertiary/aromatic N) is 2. The van der Waals surface area contributed by atoms with Crippen molar-refractivity contribution in [1.82, 2.24) is 15.5 Å². The van der Waals surface area contributed by atoms with E-state index in [1.807, 2.05) is 12.1 Å². The van der Waals surface area contributed by atoms with Crippen LogP contribution in [0, 0.1) is 6.92 Å². The Morgan fingerprint density at radius 1 is 1.13 bits per heavy atom. The lowest BCUT2D eigenvalue weighted by atomic mass is 10.0. The van der Waals surface area contributed by atoms with Crippen LogP contribution < -0.4 is 15.5 Å². The van der Waals surface area contributed by atoms with Crippen molar-refractivity contribution in [2.24, 2.45) is 0 Å². The molecule has 0 spiro atoms. The molecule has 2 aliphatic heterocycles. The molecule has 0 saturated carbocycles. The van der Waals surface area contributed by atoms with Crippen LogP contribution in [0.3, 0.4) is 0 Å². The van der Waals surface area contributed by atoms with Gasteiger partial charge in [0.05, 0.1) is 19.3 Å². The lowest BCUT2D eigenvalue weighted by Gasteiger charge is -2.35. The molecule has 3 amide bonds. The van der Waals surface area contributed by atoms with E-state index in [4.69, 9.17) is 4.74 Å². The average molecular weight is 409 g/mol. The number of aryl methyl sites for hydroxylation is 1. The molecule has 7 heteroatoms. The van der Waals surface area contributed by atoms with Gasteiger partial charge in [-0.2, -0.15) is 0 Å². The Morgan fingerprint density at radius 2 is 1.93 bits per heavy atom. The summed E-state index contributed by atoms with van der Waals surface area (Å²) in [5, 5.41) is 5.89. The zero-order valence-corrected chi connectivity index (χ0v) is 17.3. The first-order valence-corrected chi connectivity index (χ1v) is 10.4. The number of nitrogens with one attached hydrogen (secondary N) is 2. The molecule has 158 valence electrons. The molecule has 30 heavy (non-hydrogen) atoms. The van der Waals surface area contributed by atoms with Gasteiger partial charge in [-0.1, -0.05) is 35.9 Å². The maximum atomic E-state index is 12.9. The van der Waals surface area contributed by atoms with Crippen LogP contribution in [0.4, 0.5) is 10.5 Å². The monoisotopic (exact) mass is 408 g/mol. The lowest BCUT2D eigenvalue weighted by Crippen LogP contribution is -2.43. The smallest absolute Gasteiger partial charge is 0.321 e. The number of hydrogen-bond donors (Lipinski definition) is 2. The maximum Gasteiger partial charge on any atom is 0.321 e. The van der Waals surface area contributed by atoms with Gasteiger partial charge >= 0.3 is 6.03 Å². The molecule has 2 fully saturated rings. The van der Waals surface area contributed by atoms with Gasteiger partial charge in [-0.15, -0.1) is 0 Å². The quantitative estimate of drug-likeness (QED) is 0.770. The van der Waals surface area contributed by atoms with Crippen molar-refractivity contribution in [3.8, 4) is 0 Å². The van der Waals surface area contributed by atoms with Crippen molar-refractivity contribution in [3.63, 3.8) is 0 Å². The molecule has 1 unspecified atom stereocenters. The van der Waals surface area contributed by atoms with Crippen molar-refractivity contribution in [2.75, 3.05) is 50.8 Å². The number of rotatable bonds is 6. The van der Waals surface area contributed by atoms with Crippen LogP contribution in [0.1, 0.15) is 27.5 Å². The fourth-order valence-electron chi connectivity index (χ4n) is 4.05. The van der Waals surface area contributed by atoms with Crippen molar-refractivity contribution in [1.29, 1.82) is 0 Å². The van der Waals surface area contributed by atoms with E-state index in [0.717, 1.165) is 18.8 Å². The third kappa shape index (κ3) is 4.63. The van der Waals surface area contributed by atoms with Gasteiger partial charge in [0, 0.05) is 44.0 Å². The van der Waals surface area contributed by atoms with Crippen LogP contribution >= 0.6 is 0 Å². The molecule has 2 aromatic rings. The molecule has 2 aromatic carbocycles. The van der Waals surface area contributed by atoms with E-state index in [0.29, 0.717) is 38.4 Å². The molecule has 2 heterocycles. The number of hydrogen-bond acceptors (Lipinski definition) is 4. The molecule has 0 aromatic heterocycles. The molecule has 4 rings (SSSR count). The number of ether oxygens (including phenoxy) is 1. The van der Waals surface area contributed by atoms with Crippen LogP contribution in [0.5, 0.6) is 0 Å². The second kappa shape index (κ2) is 9.28. The highest BCUT2D eigenvalue weighted by Gasteiger charge is 2.24. The summed E-state index contributed by atoms with van der Waals surface area (Å²) in [7, 11) is 0. The van der Waals surface area contributed by atoms with Gasteiger partial charge in [-0.25, -0.2) is 4.79 Å². The SMILES string of the molecule is Cc1cccc(C(CNC(=O)c2cccc(N3CCNC3=O)c2)N2CCOCC2)c1. The number of benzene rings is 2. The van der Waals surface area contributed by atoms with Crippen molar-refractivity contribution in [2.45, 2.75) is 13.0 Å². The Hall–Kier alpha value is -2.90. The van der Waals surface area contributed by atoms with Crippen molar-refractivity contribution < 1.29 is 14.3 Å². The van der Waals surface area contributed by atoms with Gasteiger partial charge in [0.2, 0.25) is 0 Å². The largest absolute Gasteiger partial charge is 0.379 e. The minimum Gasteiger partial charge on any atom is -0.379 e. The van der Waals surface area contributed by atoms with E-state index < -0.39 is 0 Å². The predicted octanol–water partition coefficient (Wildman–Crippen LogP) is 2.33. The topological polar surface area (TPSA) is 73.9 Å². The summed E-state index contributed by atoms with van der Waals surface area (Å²) >= 11 is 0. The molecular weight excluding hydrogens is 380 g/mol. The number of carbonyl (C=O) groups is 2. The highest BCUT2D eigenvalue weighted by Crippen LogP contribution is 2.23. The molecule has 0 radical (unpaired) electrons. The van der Waals surface area contributed by atoms with E-state index in [2.05, 4.69) is 46.7 Å². The summed E-state index contributed by atoms with van der Waals surface area (Å²) in [4.78, 5) is 28.9. The van der Waals surface area contributed by atoms with E-state index >= 15 is 0 Å². The van der Waals surface area contributed by atoms with Crippen molar-refractivity contribution in [3.05, 3.63) is 65.2 Å². The van der Waals surface area contributed by atoms with Gasteiger partial charge < -0.3 is 15.4 Å². The summed E-state index contributed by atoms with van der Waals surface area (Å²) < 4.78 is 5.51. The number of anilines is 1. The van der Waals surface area contributed by atoms with Crippen LogP contribution in [0.15, 0.2) is 48.5 Å². The van der Waals surface area contributed by atoms with E-state index in [1.54, 1.807) is 17.0 Å². The summed E-state index contributed by atoms with van der Waals surface area (Å²) in [5.74, 6) is -0.137. The Balaban J connectivity index is 1.48. The molecule has 0 bridgehead atoms. The normalized spacial score (nSPS) is 18.2. The predicted molar refractivity (Wildman–Crippen MR) is 116 cm³/mol. The summed E-state index contributed by atoms with van der Waals surface area (Å²) in [6, 6.07) is 15.6. The third-order valence-electron chi connectivity index (χ3n) is 5.65. The van der Waals surface area contributed by atoms with Gasteiger partial charge in [-0.3, -0.25) is 14.6 Å². The Kier molecular flexibility index (Phi) is 6.30. The van der Waals surface area contributed by atoms with Crippen molar-refractivity contribution >= 4 is 17.6 Å². The van der Waals surface area contributed by atoms with E-state index in [9.17, 15) is 9.59 Å². The van der Waals surface area contributed by atoms with Crippen LogP contribution in [-0.4, -0.2) is 62.8 Å². The van der Waals surface area contributed by atoms with Gasteiger partial charge in [0.25, 0.3) is 5.91 Å².